The summed E-state index contributed by atoms with van der Waals surface area (Å²) in [6.45, 7) is 2.95. The molecule has 2 aliphatic rings. The number of piperidine rings is 1. The Labute approximate surface area is 226 Å². The van der Waals surface area contributed by atoms with Gasteiger partial charge in [0, 0.05) is 30.9 Å². The highest BCUT2D eigenvalue weighted by Crippen LogP contribution is 2.30. The predicted octanol–water partition coefficient (Wildman–Crippen LogP) is 4.64. The minimum Gasteiger partial charge on any atom is -0.468 e. The summed E-state index contributed by atoms with van der Waals surface area (Å²) >= 11 is 0. The van der Waals surface area contributed by atoms with Crippen molar-refractivity contribution in [2.75, 3.05) is 32.6 Å². The summed E-state index contributed by atoms with van der Waals surface area (Å²) in [5.41, 5.74) is 5.77. The number of urea groups is 1. The van der Waals surface area contributed by atoms with Crippen LogP contribution in [0.25, 0.3) is 11.0 Å². The van der Waals surface area contributed by atoms with Crippen molar-refractivity contribution in [3.63, 3.8) is 0 Å². The van der Waals surface area contributed by atoms with Crippen LogP contribution < -0.4 is 10.1 Å². The van der Waals surface area contributed by atoms with Crippen molar-refractivity contribution in [3.8, 4) is 6.01 Å². The van der Waals surface area contributed by atoms with Crippen molar-refractivity contribution >= 4 is 35.0 Å². The lowest BCUT2D eigenvalue weighted by molar-refractivity contribution is 0.0442. The first-order valence-electron chi connectivity index (χ1n) is 13.1. The third kappa shape index (κ3) is 5.62. The van der Waals surface area contributed by atoms with E-state index in [2.05, 4.69) is 26.1 Å². The lowest BCUT2D eigenvalue weighted by Crippen LogP contribution is -2.54. The lowest BCUT2D eigenvalue weighted by atomic mass is 9.91. The van der Waals surface area contributed by atoms with Crippen LogP contribution in [0, 0.1) is 6.92 Å². The third-order valence-electron chi connectivity index (χ3n) is 7.62. The Hall–Kier alpha value is -4.28. The fourth-order valence-electron chi connectivity index (χ4n) is 5.65. The summed E-state index contributed by atoms with van der Waals surface area (Å²) in [6, 6.07) is 12.0. The van der Waals surface area contributed by atoms with Crippen molar-refractivity contribution in [1.29, 1.82) is 0 Å². The van der Waals surface area contributed by atoms with Crippen LogP contribution in [-0.2, 0) is 22.3 Å². The maximum absolute atomic E-state index is 13.2. The third-order valence-corrected chi connectivity index (χ3v) is 7.62. The summed E-state index contributed by atoms with van der Waals surface area (Å²) in [4.78, 5) is 48.8. The van der Waals surface area contributed by atoms with Crippen molar-refractivity contribution in [1.82, 2.24) is 19.8 Å². The van der Waals surface area contributed by atoms with Gasteiger partial charge in [-0.25, -0.2) is 14.4 Å². The van der Waals surface area contributed by atoms with Gasteiger partial charge < -0.3 is 34.3 Å². The number of nitrogens with zero attached hydrogens (tertiary/aromatic N) is 3. The van der Waals surface area contributed by atoms with Crippen molar-refractivity contribution in [2.45, 2.75) is 51.1 Å². The van der Waals surface area contributed by atoms with E-state index < -0.39 is 12.2 Å². The Morgan fingerprint density at radius 1 is 1.15 bits per heavy atom. The highest BCUT2D eigenvalue weighted by atomic mass is 16.7. The number of ether oxygens (including phenoxy) is 3. The van der Waals surface area contributed by atoms with E-state index in [1.165, 1.54) is 0 Å². The standard InChI is InChI=1S/C28H33N5O6/c1-17-14-18(15-23-24(17)31-25(29-23)37-2)8-9-20-16-21(11-13-33(20)27(35)39-28(36)38-3)32-12-10-19-6-4-5-7-22(19)30-26(32)34/h4-7,14-15,20-21H,8-13,16H2,1-3H3,(H,29,31)(H,30,34)/t20-,21-/m1/s1. The van der Waals surface area contributed by atoms with Crippen LogP contribution in [0.1, 0.15) is 36.0 Å². The number of imidazole rings is 1. The van der Waals surface area contributed by atoms with Crippen LogP contribution in [-0.4, -0.2) is 77.4 Å². The monoisotopic (exact) mass is 535 g/mol. The second-order valence-electron chi connectivity index (χ2n) is 9.97. The second-order valence-corrected chi connectivity index (χ2v) is 9.97. The Bertz CT molecular complexity index is 1390. The molecular formula is C28H33N5O6. The van der Waals surface area contributed by atoms with Crippen LogP contribution in [0.5, 0.6) is 6.01 Å². The number of aromatic amines is 1. The number of methoxy groups -OCH3 is 2. The largest absolute Gasteiger partial charge is 0.517 e. The molecular weight excluding hydrogens is 502 g/mol. The first-order valence-corrected chi connectivity index (χ1v) is 13.1. The molecule has 1 fully saturated rings. The van der Waals surface area contributed by atoms with Crippen LogP contribution in [0.2, 0.25) is 0 Å². The Morgan fingerprint density at radius 3 is 2.77 bits per heavy atom. The van der Waals surface area contributed by atoms with Gasteiger partial charge in [0.15, 0.2) is 0 Å². The minimum atomic E-state index is -1.04. The molecule has 0 aliphatic carbocycles. The van der Waals surface area contributed by atoms with Gasteiger partial charge in [0.05, 0.1) is 25.3 Å². The molecule has 2 aliphatic heterocycles. The molecule has 11 nitrogen and oxygen atoms in total. The van der Waals surface area contributed by atoms with Crippen LogP contribution in [0.15, 0.2) is 36.4 Å². The van der Waals surface area contributed by atoms with E-state index in [1.54, 1.807) is 12.0 Å². The molecule has 0 saturated carbocycles. The van der Waals surface area contributed by atoms with Gasteiger partial charge in [-0.15, -0.1) is 0 Å². The fourth-order valence-corrected chi connectivity index (χ4v) is 5.65. The average molecular weight is 536 g/mol. The van der Waals surface area contributed by atoms with E-state index in [1.807, 2.05) is 42.2 Å². The molecule has 11 heteroatoms. The van der Waals surface area contributed by atoms with E-state index in [0.29, 0.717) is 44.8 Å². The summed E-state index contributed by atoms with van der Waals surface area (Å²) in [5, 5.41) is 3.04. The molecule has 1 aromatic heterocycles. The molecule has 3 aromatic rings. The Kier molecular flexibility index (Phi) is 7.58. The summed E-state index contributed by atoms with van der Waals surface area (Å²) < 4.78 is 14.6. The number of nitrogens with one attached hydrogen (secondary N) is 2. The number of anilines is 1. The molecule has 1 saturated heterocycles. The number of amides is 3. The zero-order valence-corrected chi connectivity index (χ0v) is 22.4. The Morgan fingerprint density at radius 2 is 1.97 bits per heavy atom. The number of benzene rings is 2. The molecule has 0 bridgehead atoms. The average Bonchev–Trinajstić information content (AvgIpc) is 3.29. The van der Waals surface area contributed by atoms with Crippen LogP contribution in [0.4, 0.5) is 20.1 Å². The SMILES string of the molecule is COC(=O)OC(=O)N1CC[C@@H](N2CCc3ccccc3NC2=O)C[C@H]1CCc1cc(C)c2nc(OC)[nH]c2c1. The van der Waals surface area contributed by atoms with E-state index in [-0.39, 0.29) is 18.1 Å². The lowest BCUT2D eigenvalue weighted by Gasteiger charge is -2.42. The molecule has 0 unspecified atom stereocenters. The van der Waals surface area contributed by atoms with E-state index in [9.17, 15) is 14.4 Å². The van der Waals surface area contributed by atoms with Gasteiger partial charge in [0.1, 0.15) is 0 Å². The van der Waals surface area contributed by atoms with E-state index in [4.69, 9.17) is 9.47 Å². The molecule has 0 spiro atoms. The number of carbonyl (C=O) groups is 3. The number of aromatic nitrogens is 2. The molecule has 3 amide bonds. The number of hydrogen-bond acceptors (Lipinski definition) is 7. The first-order chi connectivity index (χ1) is 18.9. The highest BCUT2D eigenvalue weighted by Gasteiger charge is 2.38. The van der Waals surface area contributed by atoms with Crippen LogP contribution in [0.3, 0.4) is 0 Å². The molecule has 5 rings (SSSR count). The number of aryl methyl sites for hydroxylation is 2. The van der Waals surface area contributed by atoms with E-state index >= 15 is 0 Å². The topological polar surface area (TPSA) is 126 Å². The molecule has 2 N–H and O–H groups in total. The van der Waals surface area contributed by atoms with Gasteiger partial charge in [-0.05, 0) is 67.9 Å². The zero-order valence-electron chi connectivity index (χ0n) is 22.4. The number of likely N-dealkylation sites (tertiary alicyclic amines) is 1. The maximum Gasteiger partial charge on any atom is 0.517 e. The minimum absolute atomic E-state index is 0.0624. The van der Waals surface area contributed by atoms with Gasteiger partial charge in [-0.3, -0.25) is 0 Å². The molecule has 2 atom stereocenters. The number of H-pyrrole nitrogens is 1. The number of para-hydroxylation sites is 1. The molecule has 3 heterocycles. The second kappa shape index (κ2) is 11.2. The van der Waals surface area contributed by atoms with Gasteiger partial charge >= 0.3 is 18.3 Å². The molecule has 0 radical (unpaired) electrons. The molecule has 2 aromatic carbocycles. The van der Waals surface area contributed by atoms with Crippen LogP contribution >= 0.6 is 0 Å². The Balaban J connectivity index is 1.34. The zero-order chi connectivity index (χ0) is 27.5. The number of rotatable bonds is 5. The van der Waals surface area contributed by atoms with Gasteiger partial charge in [0.25, 0.3) is 6.01 Å². The normalized spacial score (nSPS) is 19.2. The van der Waals surface area contributed by atoms with Gasteiger partial charge in [-0.2, -0.15) is 4.98 Å². The molecule has 206 valence electrons. The highest BCUT2D eigenvalue weighted by molar-refractivity contribution is 5.91. The summed E-state index contributed by atoms with van der Waals surface area (Å²) in [5.74, 6) is 0. The van der Waals surface area contributed by atoms with Crippen molar-refractivity contribution in [2.24, 2.45) is 0 Å². The smallest absolute Gasteiger partial charge is 0.468 e. The van der Waals surface area contributed by atoms with E-state index in [0.717, 1.165) is 46.9 Å². The van der Waals surface area contributed by atoms with Crippen molar-refractivity contribution in [3.05, 3.63) is 53.1 Å². The van der Waals surface area contributed by atoms with Gasteiger partial charge in [-0.1, -0.05) is 24.3 Å². The number of carbonyl (C=O) groups excluding carboxylic acids is 3. The molecule has 39 heavy (non-hydrogen) atoms. The summed E-state index contributed by atoms with van der Waals surface area (Å²) in [7, 11) is 2.73. The quantitative estimate of drug-likeness (QED) is 0.360. The summed E-state index contributed by atoms with van der Waals surface area (Å²) in [6.07, 6.45) is 1.42. The first kappa shape index (κ1) is 26.3. The number of hydrogen-bond donors (Lipinski definition) is 2. The maximum atomic E-state index is 13.2. The van der Waals surface area contributed by atoms with Crippen molar-refractivity contribution < 1.29 is 28.6 Å². The van der Waals surface area contributed by atoms with Gasteiger partial charge in [0.2, 0.25) is 0 Å². The fraction of sp³-hybridized carbons (Fsp3) is 0.429. The number of fused-ring (bicyclic) bond motifs is 2. The predicted molar refractivity (Wildman–Crippen MR) is 144 cm³/mol.